The first-order valence-corrected chi connectivity index (χ1v) is 10.4. The molecule has 160 valence electrons. The lowest BCUT2D eigenvalue weighted by Crippen LogP contribution is -2.37. The molecule has 0 aliphatic heterocycles. The van der Waals surface area contributed by atoms with Crippen LogP contribution in [0.25, 0.3) is 0 Å². The summed E-state index contributed by atoms with van der Waals surface area (Å²) in [5.74, 6) is -0.508. The van der Waals surface area contributed by atoms with Crippen LogP contribution in [0.4, 0.5) is 19.0 Å². The fourth-order valence-corrected chi connectivity index (χ4v) is 4.25. The summed E-state index contributed by atoms with van der Waals surface area (Å²) in [6.07, 6.45) is -4.56. The first kappa shape index (κ1) is 22.9. The number of amides is 1. The van der Waals surface area contributed by atoms with Gasteiger partial charge in [-0.1, -0.05) is 39.8 Å². The van der Waals surface area contributed by atoms with Crippen molar-refractivity contribution in [1.29, 1.82) is 0 Å². The van der Waals surface area contributed by atoms with E-state index < -0.39 is 38.7 Å². The molecule has 0 unspecified atom stereocenters. The molecule has 0 bridgehead atoms. The van der Waals surface area contributed by atoms with Crippen LogP contribution in [0.2, 0.25) is 0 Å². The minimum atomic E-state index is -4.56. The van der Waals surface area contributed by atoms with Gasteiger partial charge in [0, 0.05) is 11.5 Å². The van der Waals surface area contributed by atoms with Gasteiger partial charge in [0.05, 0.1) is 21.6 Å². The smallest absolute Gasteiger partial charge is 0.359 e. The quantitative estimate of drug-likeness (QED) is 0.755. The number of benzene rings is 1. The largest absolute Gasteiger partial charge is 0.416 e. The van der Waals surface area contributed by atoms with Crippen molar-refractivity contribution in [1.82, 2.24) is 5.16 Å². The molecule has 1 N–H and O–H groups in total. The highest BCUT2D eigenvalue weighted by Gasteiger charge is 2.36. The van der Waals surface area contributed by atoms with Gasteiger partial charge >= 0.3 is 6.18 Å². The molecule has 0 radical (unpaired) electrons. The minimum absolute atomic E-state index is 0.153. The van der Waals surface area contributed by atoms with Crippen molar-refractivity contribution >= 4 is 21.6 Å². The van der Waals surface area contributed by atoms with Crippen LogP contribution in [0.5, 0.6) is 0 Å². The number of rotatable bonds is 5. The van der Waals surface area contributed by atoms with Gasteiger partial charge in [0.2, 0.25) is 5.91 Å². The predicted octanol–water partition coefficient (Wildman–Crippen LogP) is 4.43. The van der Waals surface area contributed by atoms with Gasteiger partial charge in [0.15, 0.2) is 15.7 Å². The molecule has 2 aromatic rings. The predicted molar refractivity (Wildman–Crippen MR) is 101 cm³/mol. The molecule has 1 amide bonds. The second-order valence-electron chi connectivity index (χ2n) is 8.45. The number of carbonyl (C=O) groups excluding carboxylic acids is 1. The number of anilines is 1. The first-order valence-electron chi connectivity index (χ1n) is 8.71. The Morgan fingerprint density at radius 3 is 2.07 bits per heavy atom. The number of hydrogen-bond donors (Lipinski definition) is 1. The van der Waals surface area contributed by atoms with E-state index in [2.05, 4.69) is 10.5 Å². The second kappa shape index (κ2) is 7.47. The lowest BCUT2D eigenvalue weighted by atomic mass is 9.93. The van der Waals surface area contributed by atoms with Crippen molar-refractivity contribution < 1.29 is 30.9 Å². The fourth-order valence-electron chi connectivity index (χ4n) is 2.45. The van der Waals surface area contributed by atoms with Crippen LogP contribution in [0.1, 0.15) is 45.9 Å². The molecule has 1 aromatic heterocycles. The van der Waals surface area contributed by atoms with E-state index >= 15 is 0 Å². The molecule has 0 spiro atoms. The van der Waals surface area contributed by atoms with Gasteiger partial charge in [-0.3, -0.25) is 4.79 Å². The summed E-state index contributed by atoms with van der Waals surface area (Å²) in [6, 6.07) is 4.73. The average Bonchev–Trinajstić information content (AvgIpc) is 3.02. The summed E-state index contributed by atoms with van der Waals surface area (Å²) in [7, 11) is -4.01. The number of carbonyl (C=O) groups is 1. The minimum Gasteiger partial charge on any atom is -0.359 e. The van der Waals surface area contributed by atoms with Gasteiger partial charge < -0.3 is 9.84 Å². The number of sulfone groups is 1. The van der Waals surface area contributed by atoms with Gasteiger partial charge in [-0.15, -0.1) is 0 Å². The van der Waals surface area contributed by atoms with Crippen molar-refractivity contribution in [3.63, 3.8) is 0 Å². The van der Waals surface area contributed by atoms with Gasteiger partial charge in [-0.05, 0) is 24.3 Å². The Balaban J connectivity index is 2.16. The normalized spacial score (nSPS) is 13.4. The van der Waals surface area contributed by atoms with Crippen molar-refractivity contribution in [3.05, 3.63) is 41.7 Å². The zero-order chi connectivity index (χ0) is 22.3. The zero-order valence-electron chi connectivity index (χ0n) is 16.7. The van der Waals surface area contributed by atoms with Crippen molar-refractivity contribution in [2.45, 2.75) is 51.1 Å². The molecule has 0 saturated heterocycles. The van der Waals surface area contributed by atoms with Crippen LogP contribution >= 0.6 is 0 Å². The van der Waals surface area contributed by atoms with E-state index in [0.717, 1.165) is 12.1 Å². The fraction of sp³-hybridized carbons (Fsp3) is 0.474. The first-order chi connectivity index (χ1) is 13.0. The average molecular weight is 432 g/mol. The molecule has 0 atom stereocenters. The van der Waals surface area contributed by atoms with Gasteiger partial charge in [-0.2, -0.15) is 13.2 Å². The molecule has 1 aromatic carbocycles. The van der Waals surface area contributed by atoms with Gasteiger partial charge in [0.1, 0.15) is 5.76 Å². The van der Waals surface area contributed by atoms with Crippen LogP contribution in [-0.2, 0) is 26.2 Å². The number of halogens is 3. The van der Waals surface area contributed by atoms with Crippen LogP contribution in [0.3, 0.4) is 0 Å². The topological polar surface area (TPSA) is 89.3 Å². The molecule has 10 heteroatoms. The number of nitrogens with one attached hydrogen (secondary N) is 1. The Kier molecular flexibility index (Phi) is 5.91. The zero-order valence-corrected chi connectivity index (χ0v) is 17.5. The molecule has 6 nitrogen and oxygen atoms in total. The van der Waals surface area contributed by atoms with Gasteiger partial charge in [-0.25, -0.2) is 8.42 Å². The lowest BCUT2D eigenvalue weighted by Gasteiger charge is -2.22. The number of hydrogen-bond acceptors (Lipinski definition) is 5. The third-order valence-electron chi connectivity index (χ3n) is 4.20. The van der Waals surface area contributed by atoms with Gasteiger partial charge in [0.25, 0.3) is 0 Å². The Morgan fingerprint density at radius 2 is 1.62 bits per heavy atom. The van der Waals surface area contributed by atoms with Crippen molar-refractivity contribution in [2.24, 2.45) is 5.41 Å². The number of nitrogens with zero attached hydrogens (tertiary/aromatic N) is 1. The third kappa shape index (κ3) is 5.59. The summed E-state index contributed by atoms with van der Waals surface area (Å²) < 4.78 is 68.4. The van der Waals surface area contributed by atoms with Crippen molar-refractivity contribution in [3.8, 4) is 0 Å². The molecule has 1 heterocycles. The molecule has 0 aliphatic rings. The van der Waals surface area contributed by atoms with Crippen LogP contribution < -0.4 is 5.32 Å². The Bertz CT molecular complexity index is 986. The summed E-state index contributed by atoms with van der Waals surface area (Å²) in [6.45, 7) is 8.56. The lowest BCUT2D eigenvalue weighted by molar-refractivity contribution is -0.137. The van der Waals surface area contributed by atoms with Crippen molar-refractivity contribution in [2.75, 3.05) is 11.1 Å². The molecule has 29 heavy (non-hydrogen) atoms. The summed E-state index contributed by atoms with van der Waals surface area (Å²) in [5, 5.41) is 6.28. The second-order valence-corrected chi connectivity index (χ2v) is 10.4. The maximum absolute atomic E-state index is 12.7. The van der Waals surface area contributed by atoms with Crippen LogP contribution in [-0.4, -0.2) is 25.2 Å². The Labute approximate surface area is 167 Å². The molecule has 0 saturated carbocycles. The Hall–Kier alpha value is -2.36. The molecule has 2 rings (SSSR count). The van der Waals surface area contributed by atoms with E-state index in [0.29, 0.717) is 17.9 Å². The van der Waals surface area contributed by atoms with E-state index in [1.165, 1.54) is 13.8 Å². The molecular formula is C19H23F3N2O4S. The highest BCUT2D eigenvalue weighted by Crippen LogP contribution is 2.31. The highest BCUT2D eigenvalue weighted by molar-refractivity contribution is 7.91. The monoisotopic (exact) mass is 432 g/mol. The van der Waals surface area contributed by atoms with E-state index in [1.807, 2.05) is 20.8 Å². The third-order valence-corrected chi connectivity index (χ3v) is 6.29. The number of alkyl halides is 3. The van der Waals surface area contributed by atoms with E-state index in [4.69, 9.17) is 4.52 Å². The SMILES string of the molecule is CC(C)(CS(=O)(=O)c1ccc(C(F)(F)F)cc1)C(=O)Nc1cc(C(C)(C)C)on1. The summed E-state index contributed by atoms with van der Waals surface area (Å²) in [5.41, 5.74) is -2.64. The Morgan fingerprint density at radius 1 is 1.07 bits per heavy atom. The molecular weight excluding hydrogens is 409 g/mol. The van der Waals surface area contributed by atoms with Crippen LogP contribution in [0, 0.1) is 5.41 Å². The maximum atomic E-state index is 12.7. The molecule has 0 fully saturated rings. The molecule has 0 aliphatic carbocycles. The standard InChI is InChI=1S/C19H23F3N2O4S/c1-17(2,3)14-10-15(24-28-14)23-16(25)18(4,5)11-29(26,27)13-8-6-12(7-9-13)19(20,21)22/h6-10H,11H2,1-5H3,(H,23,24,25). The maximum Gasteiger partial charge on any atom is 0.416 e. The van der Waals surface area contributed by atoms with Crippen LogP contribution in [0.15, 0.2) is 39.8 Å². The summed E-state index contributed by atoms with van der Waals surface area (Å²) >= 11 is 0. The van der Waals surface area contributed by atoms with E-state index in [1.54, 1.807) is 6.07 Å². The summed E-state index contributed by atoms with van der Waals surface area (Å²) in [4.78, 5) is 12.3. The van der Waals surface area contributed by atoms with E-state index in [-0.39, 0.29) is 16.1 Å². The highest BCUT2D eigenvalue weighted by atomic mass is 32.2. The number of aromatic nitrogens is 1. The van der Waals surface area contributed by atoms with E-state index in [9.17, 15) is 26.4 Å².